The molecule has 2 aromatic carbocycles. The number of nitrogens with one attached hydrogen (secondary N) is 1. The van der Waals surface area contributed by atoms with Crippen molar-refractivity contribution in [2.45, 2.75) is 6.42 Å². The standard InChI is InChI=1S/C16H13F2N3/c17-12-3-1-11(2-4-12)7-8-19-16-14-9-13(18)5-6-15(14)20-10-21-16/h1-6,9-10H,7-8H2,(H,19,20,21). The molecule has 3 rings (SSSR count). The van der Waals surface area contributed by atoms with Gasteiger partial charge in [0.1, 0.15) is 23.8 Å². The van der Waals surface area contributed by atoms with Gasteiger partial charge in [0, 0.05) is 11.9 Å². The van der Waals surface area contributed by atoms with Crippen molar-refractivity contribution in [3.63, 3.8) is 0 Å². The summed E-state index contributed by atoms with van der Waals surface area (Å²) >= 11 is 0. The minimum atomic E-state index is -0.320. The largest absolute Gasteiger partial charge is 0.369 e. The maximum atomic E-state index is 13.3. The third-order valence-electron chi connectivity index (χ3n) is 3.22. The second kappa shape index (κ2) is 5.83. The Hall–Kier alpha value is -2.56. The van der Waals surface area contributed by atoms with Crippen LogP contribution in [0.1, 0.15) is 5.56 Å². The fourth-order valence-electron chi connectivity index (χ4n) is 2.15. The SMILES string of the molecule is Fc1ccc(CCNc2ncnc3ccc(F)cc23)cc1. The Labute approximate surface area is 120 Å². The predicted octanol–water partition coefficient (Wildman–Crippen LogP) is 3.56. The number of fused-ring (bicyclic) bond motifs is 1. The molecule has 0 bridgehead atoms. The van der Waals surface area contributed by atoms with Crippen molar-refractivity contribution in [2.24, 2.45) is 0 Å². The molecule has 5 heteroatoms. The van der Waals surface area contributed by atoms with Crippen molar-refractivity contribution in [1.82, 2.24) is 9.97 Å². The molecule has 0 saturated heterocycles. The third kappa shape index (κ3) is 3.13. The average Bonchev–Trinajstić information content (AvgIpc) is 2.50. The zero-order valence-corrected chi connectivity index (χ0v) is 11.2. The number of hydrogen-bond acceptors (Lipinski definition) is 3. The van der Waals surface area contributed by atoms with Crippen LogP contribution < -0.4 is 5.32 Å². The van der Waals surface area contributed by atoms with E-state index in [0.717, 1.165) is 12.0 Å². The quantitative estimate of drug-likeness (QED) is 0.796. The molecular formula is C16H13F2N3. The summed E-state index contributed by atoms with van der Waals surface area (Å²) in [6.07, 6.45) is 2.17. The van der Waals surface area contributed by atoms with Crippen LogP contribution >= 0.6 is 0 Å². The molecular weight excluding hydrogens is 272 g/mol. The number of rotatable bonds is 4. The van der Waals surface area contributed by atoms with E-state index in [4.69, 9.17) is 0 Å². The summed E-state index contributed by atoms with van der Waals surface area (Å²) < 4.78 is 26.1. The molecule has 0 unspecified atom stereocenters. The van der Waals surface area contributed by atoms with Crippen LogP contribution in [0.5, 0.6) is 0 Å². The molecule has 0 radical (unpaired) electrons. The van der Waals surface area contributed by atoms with Gasteiger partial charge in [0.2, 0.25) is 0 Å². The van der Waals surface area contributed by atoms with Gasteiger partial charge in [0.15, 0.2) is 0 Å². The lowest BCUT2D eigenvalue weighted by Crippen LogP contribution is -2.07. The van der Waals surface area contributed by atoms with Crippen LogP contribution in [0, 0.1) is 11.6 Å². The molecule has 1 heterocycles. The van der Waals surface area contributed by atoms with E-state index < -0.39 is 0 Å². The second-order valence-corrected chi connectivity index (χ2v) is 4.69. The predicted molar refractivity (Wildman–Crippen MR) is 78.1 cm³/mol. The van der Waals surface area contributed by atoms with Crippen molar-refractivity contribution in [2.75, 3.05) is 11.9 Å². The Morgan fingerprint density at radius 1 is 0.905 bits per heavy atom. The van der Waals surface area contributed by atoms with Crippen LogP contribution in [0.25, 0.3) is 10.9 Å². The van der Waals surface area contributed by atoms with Gasteiger partial charge in [-0.05, 0) is 42.3 Å². The fourth-order valence-corrected chi connectivity index (χ4v) is 2.15. The Morgan fingerprint density at radius 3 is 2.48 bits per heavy atom. The zero-order chi connectivity index (χ0) is 14.7. The molecule has 0 saturated carbocycles. The van der Waals surface area contributed by atoms with Crippen LogP contribution in [0.2, 0.25) is 0 Å². The molecule has 0 aliphatic heterocycles. The van der Waals surface area contributed by atoms with Crippen LogP contribution in [-0.4, -0.2) is 16.5 Å². The molecule has 0 amide bonds. The topological polar surface area (TPSA) is 37.8 Å². The Morgan fingerprint density at radius 2 is 1.67 bits per heavy atom. The van der Waals surface area contributed by atoms with Gasteiger partial charge in [-0.3, -0.25) is 0 Å². The van der Waals surface area contributed by atoms with E-state index in [0.29, 0.717) is 23.3 Å². The van der Waals surface area contributed by atoms with E-state index in [1.807, 2.05) is 0 Å². The van der Waals surface area contributed by atoms with E-state index in [-0.39, 0.29) is 11.6 Å². The first-order chi connectivity index (χ1) is 10.2. The first kappa shape index (κ1) is 13.4. The lowest BCUT2D eigenvalue weighted by molar-refractivity contribution is 0.627. The van der Waals surface area contributed by atoms with Gasteiger partial charge in [-0.15, -0.1) is 0 Å². The van der Waals surface area contributed by atoms with Gasteiger partial charge in [-0.2, -0.15) is 0 Å². The van der Waals surface area contributed by atoms with Crippen LogP contribution in [-0.2, 0) is 6.42 Å². The van der Waals surface area contributed by atoms with Crippen LogP contribution in [0.3, 0.4) is 0 Å². The normalized spacial score (nSPS) is 10.8. The first-order valence-electron chi connectivity index (χ1n) is 6.61. The maximum Gasteiger partial charge on any atom is 0.137 e. The molecule has 1 N–H and O–H groups in total. The highest BCUT2D eigenvalue weighted by molar-refractivity contribution is 5.88. The molecule has 0 fully saturated rings. The highest BCUT2D eigenvalue weighted by Crippen LogP contribution is 2.20. The average molecular weight is 285 g/mol. The van der Waals surface area contributed by atoms with Crippen LogP contribution in [0.4, 0.5) is 14.6 Å². The Balaban J connectivity index is 1.73. The lowest BCUT2D eigenvalue weighted by Gasteiger charge is -2.08. The Kier molecular flexibility index (Phi) is 3.73. The van der Waals surface area contributed by atoms with Gasteiger partial charge in [-0.1, -0.05) is 12.1 Å². The van der Waals surface area contributed by atoms with Crippen molar-refractivity contribution in [3.8, 4) is 0 Å². The van der Waals surface area contributed by atoms with E-state index in [9.17, 15) is 8.78 Å². The minimum Gasteiger partial charge on any atom is -0.369 e. The zero-order valence-electron chi connectivity index (χ0n) is 11.2. The molecule has 3 aromatic rings. The third-order valence-corrected chi connectivity index (χ3v) is 3.22. The number of hydrogen-bond donors (Lipinski definition) is 1. The molecule has 21 heavy (non-hydrogen) atoms. The van der Waals surface area contributed by atoms with Crippen molar-refractivity contribution in [3.05, 3.63) is 66.0 Å². The van der Waals surface area contributed by atoms with Crippen molar-refractivity contribution in [1.29, 1.82) is 0 Å². The lowest BCUT2D eigenvalue weighted by atomic mass is 10.1. The molecule has 3 nitrogen and oxygen atoms in total. The maximum absolute atomic E-state index is 13.3. The molecule has 106 valence electrons. The molecule has 1 aromatic heterocycles. The molecule has 0 aliphatic carbocycles. The van der Waals surface area contributed by atoms with Crippen molar-refractivity contribution < 1.29 is 8.78 Å². The second-order valence-electron chi connectivity index (χ2n) is 4.69. The summed E-state index contributed by atoms with van der Waals surface area (Å²) in [5.41, 5.74) is 1.71. The highest BCUT2D eigenvalue weighted by Gasteiger charge is 2.04. The van der Waals surface area contributed by atoms with Gasteiger partial charge in [0.25, 0.3) is 0 Å². The number of anilines is 1. The minimum absolute atomic E-state index is 0.246. The van der Waals surface area contributed by atoms with E-state index in [1.54, 1.807) is 18.2 Å². The smallest absolute Gasteiger partial charge is 0.137 e. The summed E-state index contributed by atoms with van der Waals surface area (Å²) in [5, 5.41) is 3.82. The fraction of sp³-hybridized carbons (Fsp3) is 0.125. The summed E-state index contributed by atoms with van der Waals surface area (Å²) in [4.78, 5) is 8.24. The van der Waals surface area contributed by atoms with Crippen LogP contribution in [0.15, 0.2) is 48.8 Å². The summed E-state index contributed by atoms with van der Waals surface area (Å²) in [5.74, 6) is 0.0319. The number of nitrogens with zero attached hydrogens (tertiary/aromatic N) is 2. The summed E-state index contributed by atoms with van der Waals surface area (Å²) in [7, 11) is 0. The monoisotopic (exact) mass is 285 g/mol. The summed E-state index contributed by atoms with van der Waals surface area (Å²) in [6.45, 7) is 0.619. The Bertz CT molecular complexity index is 757. The first-order valence-corrected chi connectivity index (χ1v) is 6.61. The van der Waals surface area contributed by atoms with Gasteiger partial charge < -0.3 is 5.32 Å². The molecule has 0 spiro atoms. The van der Waals surface area contributed by atoms with Gasteiger partial charge in [-0.25, -0.2) is 18.7 Å². The highest BCUT2D eigenvalue weighted by atomic mass is 19.1. The van der Waals surface area contributed by atoms with Gasteiger partial charge in [0.05, 0.1) is 5.52 Å². The summed E-state index contributed by atoms with van der Waals surface area (Å²) in [6, 6.07) is 10.8. The number of aromatic nitrogens is 2. The molecule has 0 aliphatic rings. The van der Waals surface area contributed by atoms with E-state index >= 15 is 0 Å². The van der Waals surface area contributed by atoms with E-state index in [1.165, 1.54) is 30.6 Å². The van der Waals surface area contributed by atoms with E-state index in [2.05, 4.69) is 15.3 Å². The number of halogens is 2. The van der Waals surface area contributed by atoms with Gasteiger partial charge >= 0.3 is 0 Å². The van der Waals surface area contributed by atoms with Crippen molar-refractivity contribution >= 4 is 16.7 Å². The number of benzene rings is 2. The molecule has 0 atom stereocenters.